The molecular formula is C12H16ClN3O2. The van der Waals surface area contributed by atoms with E-state index in [9.17, 15) is 9.59 Å². The lowest BCUT2D eigenvalue weighted by Gasteiger charge is -2.10. The molecule has 2 N–H and O–H groups in total. The van der Waals surface area contributed by atoms with E-state index in [-0.39, 0.29) is 0 Å². The molecule has 0 heterocycles. The fourth-order valence-corrected chi connectivity index (χ4v) is 1.32. The van der Waals surface area contributed by atoms with Gasteiger partial charge in [-0.2, -0.15) is 0 Å². The van der Waals surface area contributed by atoms with Crippen molar-refractivity contribution in [2.75, 3.05) is 32.5 Å². The summed E-state index contributed by atoms with van der Waals surface area (Å²) in [6.07, 6.45) is 0. The molecule has 2 amide bonds. The Morgan fingerprint density at radius 3 is 2.33 bits per heavy atom. The number of amides is 2. The topological polar surface area (TPSA) is 61.4 Å². The highest BCUT2D eigenvalue weighted by Crippen LogP contribution is 2.12. The number of hydrogen-bond donors (Lipinski definition) is 2. The summed E-state index contributed by atoms with van der Waals surface area (Å²) in [6, 6.07) is 6.54. The molecule has 18 heavy (non-hydrogen) atoms. The van der Waals surface area contributed by atoms with E-state index >= 15 is 0 Å². The number of hydrogen-bond acceptors (Lipinski definition) is 3. The molecular weight excluding hydrogens is 254 g/mol. The van der Waals surface area contributed by atoms with Crippen LogP contribution in [0.4, 0.5) is 5.69 Å². The van der Waals surface area contributed by atoms with E-state index in [2.05, 4.69) is 10.6 Å². The van der Waals surface area contributed by atoms with Crippen molar-refractivity contribution < 1.29 is 9.59 Å². The van der Waals surface area contributed by atoms with Gasteiger partial charge in [0.1, 0.15) is 0 Å². The van der Waals surface area contributed by atoms with Crippen LogP contribution in [0.15, 0.2) is 24.3 Å². The molecule has 0 aliphatic rings. The number of nitrogens with zero attached hydrogens (tertiary/aromatic N) is 1. The first-order chi connectivity index (χ1) is 8.49. The minimum absolute atomic E-state index is 0.430. The van der Waals surface area contributed by atoms with Gasteiger partial charge in [0.05, 0.1) is 0 Å². The normalized spacial score (nSPS) is 10.2. The Hall–Kier alpha value is -1.59. The molecule has 1 aromatic rings. The van der Waals surface area contributed by atoms with Gasteiger partial charge in [0, 0.05) is 23.8 Å². The fourth-order valence-electron chi connectivity index (χ4n) is 1.19. The minimum atomic E-state index is -0.684. The summed E-state index contributed by atoms with van der Waals surface area (Å²) in [5.74, 6) is -1.33. The molecule has 0 unspecified atom stereocenters. The van der Waals surface area contributed by atoms with Gasteiger partial charge < -0.3 is 15.5 Å². The Bertz CT molecular complexity index is 418. The molecule has 0 aromatic heterocycles. The number of benzene rings is 1. The molecule has 0 atom stereocenters. The summed E-state index contributed by atoms with van der Waals surface area (Å²) in [5, 5.41) is 5.58. The van der Waals surface area contributed by atoms with Crippen molar-refractivity contribution in [3.8, 4) is 0 Å². The number of carbonyl (C=O) groups is 2. The predicted molar refractivity (Wildman–Crippen MR) is 71.6 cm³/mol. The molecule has 0 fully saturated rings. The van der Waals surface area contributed by atoms with Gasteiger partial charge in [-0.15, -0.1) is 0 Å². The zero-order valence-electron chi connectivity index (χ0n) is 10.4. The van der Waals surface area contributed by atoms with Gasteiger partial charge in [0.15, 0.2) is 0 Å². The molecule has 1 rings (SSSR count). The van der Waals surface area contributed by atoms with Crippen LogP contribution in [0, 0.1) is 0 Å². The highest BCUT2D eigenvalue weighted by atomic mass is 35.5. The summed E-state index contributed by atoms with van der Waals surface area (Å²) in [4.78, 5) is 24.8. The zero-order valence-corrected chi connectivity index (χ0v) is 11.1. The van der Waals surface area contributed by atoms with Crippen LogP contribution in [0.2, 0.25) is 5.02 Å². The third kappa shape index (κ3) is 5.16. The Kier molecular flexibility index (Phi) is 5.61. The molecule has 0 saturated heterocycles. The van der Waals surface area contributed by atoms with E-state index in [1.165, 1.54) is 0 Å². The lowest BCUT2D eigenvalue weighted by molar-refractivity contribution is -0.136. The van der Waals surface area contributed by atoms with Crippen molar-refractivity contribution in [1.29, 1.82) is 0 Å². The molecule has 0 spiro atoms. The second kappa shape index (κ2) is 6.98. The maximum absolute atomic E-state index is 11.5. The van der Waals surface area contributed by atoms with Crippen molar-refractivity contribution in [2.45, 2.75) is 0 Å². The number of rotatable bonds is 4. The van der Waals surface area contributed by atoms with Crippen molar-refractivity contribution in [2.24, 2.45) is 0 Å². The van der Waals surface area contributed by atoms with Crippen LogP contribution in [-0.2, 0) is 9.59 Å². The Labute approximate surface area is 111 Å². The van der Waals surface area contributed by atoms with Crippen LogP contribution < -0.4 is 10.6 Å². The second-order valence-electron chi connectivity index (χ2n) is 4.02. The highest BCUT2D eigenvalue weighted by Gasteiger charge is 2.12. The van der Waals surface area contributed by atoms with Crippen LogP contribution >= 0.6 is 11.6 Å². The summed E-state index contributed by atoms with van der Waals surface area (Å²) >= 11 is 5.71. The van der Waals surface area contributed by atoms with Crippen LogP contribution in [0.3, 0.4) is 0 Å². The first kappa shape index (κ1) is 14.5. The lowest BCUT2D eigenvalue weighted by Crippen LogP contribution is -2.38. The molecule has 0 radical (unpaired) electrons. The van der Waals surface area contributed by atoms with Gasteiger partial charge in [-0.1, -0.05) is 11.6 Å². The fraction of sp³-hybridized carbons (Fsp3) is 0.333. The van der Waals surface area contributed by atoms with Crippen molar-refractivity contribution >= 4 is 29.1 Å². The van der Waals surface area contributed by atoms with E-state index in [1.807, 2.05) is 19.0 Å². The summed E-state index contributed by atoms with van der Waals surface area (Å²) in [6.45, 7) is 1.11. The third-order valence-electron chi connectivity index (χ3n) is 2.15. The summed E-state index contributed by atoms with van der Waals surface area (Å²) in [7, 11) is 3.78. The van der Waals surface area contributed by atoms with E-state index in [0.29, 0.717) is 23.8 Å². The molecule has 98 valence electrons. The largest absolute Gasteiger partial charge is 0.347 e. The molecule has 0 saturated carbocycles. The zero-order chi connectivity index (χ0) is 13.5. The average Bonchev–Trinajstić information content (AvgIpc) is 2.31. The van der Waals surface area contributed by atoms with Crippen LogP contribution in [0.5, 0.6) is 0 Å². The number of anilines is 1. The van der Waals surface area contributed by atoms with Crippen LogP contribution in [0.1, 0.15) is 0 Å². The van der Waals surface area contributed by atoms with E-state index in [0.717, 1.165) is 0 Å². The van der Waals surface area contributed by atoms with E-state index in [4.69, 9.17) is 11.6 Å². The van der Waals surface area contributed by atoms with Gasteiger partial charge in [-0.25, -0.2) is 0 Å². The Morgan fingerprint density at radius 1 is 1.17 bits per heavy atom. The quantitative estimate of drug-likeness (QED) is 0.801. The maximum atomic E-state index is 11.5. The Morgan fingerprint density at radius 2 is 1.78 bits per heavy atom. The SMILES string of the molecule is CN(C)CCNC(=O)C(=O)Nc1ccc(Cl)cc1. The predicted octanol–water partition coefficient (Wildman–Crippen LogP) is 0.956. The summed E-state index contributed by atoms with van der Waals surface area (Å²) in [5.41, 5.74) is 0.534. The summed E-state index contributed by atoms with van der Waals surface area (Å²) < 4.78 is 0. The van der Waals surface area contributed by atoms with Crippen LogP contribution in [0.25, 0.3) is 0 Å². The van der Waals surface area contributed by atoms with Gasteiger partial charge in [0.2, 0.25) is 0 Å². The maximum Gasteiger partial charge on any atom is 0.313 e. The highest BCUT2D eigenvalue weighted by molar-refractivity contribution is 6.39. The standard InChI is InChI=1S/C12H16ClN3O2/c1-16(2)8-7-14-11(17)12(18)15-10-5-3-9(13)4-6-10/h3-6H,7-8H2,1-2H3,(H,14,17)(H,15,18). The molecule has 0 bridgehead atoms. The first-order valence-corrected chi connectivity index (χ1v) is 5.86. The van der Waals surface area contributed by atoms with Crippen molar-refractivity contribution in [3.63, 3.8) is 0 Å². The van der Waals surface area contributed by atoms with E-state index < -0.39 is 11.8 Å². The number of nitrogens with one attached hydrogen (secondary N) is 2. The van der Waals surface area contributed by atoms with Gasteiger partial charge >= 0.3 is 11.8 Å². The van der Waals surface area contributed by atoms with Gasteiger partial charge in [0.25, 0.3) is 0 Å². The average molecular weight is 270 g/mol. The molecule has 1 aromatic carbocycles. The third-order valence-corrected chi connectivity index (χ3v) is 2.40. The number of halogens is 1. The molecule has 5 nitrogen and oxygen atoms in total. The number of carbonyl (C=O) groups excluding carboxylic acids is 2. The smallest absolute Gasteiger partial charge is 0.313 e. The number of likely N-dealkylation sites (N-methyl/N-ethyl adjacent to an activating group) is 1. The van der Waals surface area contributed by atoms with Crippen molar-refractivity contribution in [3.05, 3.63) is 29.3 Å². The first-order valence-electron chi connectivity index (χ1n) is 5.48. The van der Waals surface area contributed by atoms with Gasteiger partial charge in [-0.05, 0) is 38.4 Å². The lowest BCUT2D eigenvalue weighted by atomic mass is 10.3. The van der Waals surface area contributed by atoms with Crippen molar-refractivity contribution in [1.82, 2.24) is 10.2 Å². The monoisotopic (exact) mass is 269 g/mol. The second-order valence-corrected chi connectivity index (χ2v) is 4.46. The van der Waals surface area contributed by atoms with Crippen LogP contribution in [-0.4, -0.2) is 43.9 Å². The Balaban J connectivity index is 2.40. The molecule has 6 heteroatoms. The molecule has 0 aliphatic heterocycles. The molecule has 0 aliphatic carbocycles. The van der Waals surface area contributed by atoms with Gasteiger partial charge in [-0.3, -0.25) is 9.59 Å². The minimum Gasteiger partial charge on any atom is -0.347 e. The van der Waals surface area contributed by atoms with E-state index in [1.54, 1.807) is 24.3 Å².